The van der Waals surface area contributed by atoms with Crippen molar-refractivity contribution in [1.29, 1.82) is 0 Å². The van der Waals surface area contributed by atoms with E-state index in [1.807, 2.05) is 4.90 Å². The van der Waals surface area contributed by atoms with E-state index >= 15 is 0 Å². The molecule has 0 bridgehead atoms. The monoisotopic (exact) mass is 403 g/mol. The quantitative estimate of drug-likeness (QED) is 0.479. The first-order valence-corrected chi connectivity index (χ1v) is 9.07. The Labute approximate surface area is 161 Å². The standard InChI is InChI=1S/C16H13N5O6S/c22-15(12-3-4-14(27-12)21(25)26)18-5-7-19(8-6-18)16-17-11-2-1-10(20(23)24)9-13(11)28-16/h1-4,9H,5-8H2. The molecule has 2 aromatic heterocycles. The number of aromatic nitrogens is 1. The number of non-ortho nitro benzene ring substituents is 1. The third kappa shape index (κ3) is 3.24. The van der Waals surface area contributed by atoms with Gasteiger partial charge in [-0.3, -0.25) is 25.0 Å². The number of carbonyl (C=O) groups excluding carboxylic acids is 1. The van der Waals surface area contributed by atoms with Crippen LogP contribution in [0.15, 0.2) is 34.7 Å². The summed E-state index contributed by atoms with van der Waals surface area (Å²) in [6, 6.07) is 7.00. The summed E-state index contributed by atoms with van der Waals surface area (Å²) in [5.74, 6) is -0.925. The molecule has 0 radical (unpaired) electrons. The number of hydrogen-bond acceptors (Lipinski definition) is 9. The minimum absolute atomic E-state index is 0.0191. The van der Waals surface area contributed by atoms with Gasteiger partial charge in [-0.1, -0.05) is 11.3 Å². The molecule has 1 fully saturated rings. The van der Waals surface area contributed by atoms with Crippen molar-refractivity contribution in [2.45, 2.75) is 0 Å². The topological polar surface area (TPSA) is 136 Å². The molecule has 1 saturated heterocycles. The summed E-state index contributed by atoms with van der Waals surface area (Å²) in [5.41, 5.74) is 0.706. The van der Waals surface area contributed by atoms with Gasteiger partial charge in [0.15, 0.2) is 10.9 Å². The van der Waals surface area contributed by atoms with Gasteiger partial charge in [-0.25, -0.2) is 4.98 Å². The zero-order valence-corrected chi connectivity index (χ0v) is 15.1. The third-order valence-corrected chi connectivity index (χ3v) is 5.47. The van der Waals surface area contributed by atoms with Crippen molar-refractivity contribution < 1.29 is 19.1 Å². The zero-order valence-electron chi connectivity index (χ0n) is 14.3. The van der Waals surface area contributed by atoms with Crippen LogP contribution in [-0.4, -0.2) is 51.8 Å². The van der Waals surface area contributed by atoms with E-state index in [9.17, 15) is 25.0 Å². The molecule has 0 aliphatic carbocycles. The number of fused-ring (bicyclic) bond motifs is 1. The van der Waals surface area contributed by atoms with E-state index in [2.05, 4.69) is 4.98 Å². The van der Waals surface area contributed by atoms with Crippen LogP contribution < -0.4 is 4.90 Å². The van der Waals surface area contributed by atoms with Gasteiger partial charge in [0.1, 0.15) is 4.92 Å². The molecule has 0 saturated carbocycles. The summed E-state index contributed by atoms with van der Waals surface area (Å²) in [7, 11) is 0. The van der Waals surface area contributed by atoms with E-state index in [1.165, 1.54) is 29.5 Å². The van der Waals surface area contributed by atoms with Crippen LogP contribution in [0.3, 0.4) is 0 Å². The Bertz CT molecular complexity index is 1080. The number of anilines is 1. The SMILES string of the molecule is O=C(c1ccc([N+](=O)[O-])o1)N1CCN(c2nc3ccc([N+](=O)[O-])cc3s2)CC1. The lowest BCUT2D eigenvalue weighted by Crippen LogP contribution is -2.48. The van der Waals surface area contributed by atoms with Gasteiger partial charge in [0.25, 0.3) is 11.6 Å². The van der Waals surface area contributed by atoms with E-state index in [0.717, 1.165) is 15.9 Å². The average Bonchev–Trinajstić information content (AvgIpc) is 3.34. The van der Waals surface area contributed by atoms with Crippen LogP contribution in [0, 0.1) is 20.2 Å². The van der Waals surface area contributed by atoms with Crippen LogP contribution >= 0.6 is 11.3 Å². The van der Waals surface area contributed by atoms with Crippen LogP contribution in [0.2, 0.25) is 0 Å². The van der Waals surface area contributed by atoms with Gasteiger partial charge in [-0.15, -0.1) is 0 Å². The maximum absolute atomic E-state index is 12.4. The molecule has 12 heteroatoms. The van der Waals surface area contributed by atoms with Gasteiger partial charge in [0.05, 0.1) is 21.2 Å². The van der Waals surface area contributed by atoms with Gasteiger partial charge in [0, 0.05) is 38.3 Å². The maximum atomic E-state index is 12.4. The second-order valence-corrected chi connectivity index (χ2v) is 7.09. The van der Waals surface area contributed by atoms with E-state index in [1.54, 1.807) is 11.0 Å². The van der Waals surface area contributed by atoms with Crippen LogP contribution in [0.25, 0.3) is 10.2 Å². The summed E-state index contributed by atoms with van der Waals surface area (Å²) in [5, 5.41) is 22.3. The van der Waals surface area contributed by atoms with Gasteiger partial charge in [-0.2, -0.15) is 0 Å². The summed E-state index contributed by atoms with van der Waals surface area (Å²) in [6.07, 6.45) is 0. The number of nitro groups is 2. The number of rotatable bonds is 4. The summed E-state index contributed by atoms with van der Waals surface area (Å²) in [6.45, 7) is 1.86. The molecular formula is C16H13N5O6S. The van der Waals surface area contributed by atoms with Crippen LogP contribution in [0.4, 0.5) is 16.7 Å². The minimum Gasteiger partial charge on any atom is -0.395 e. The van der Waals surface area contributed by atoms with Crippen molar-refractivity contribution in [2.75, 3.05) is 31.1 Å². The fourth-order valence-corrected chi connectivity index (χ4v) is 4.00. The van der Waals surface area contributed by atoms with Crippen molar-refractivity contribution in [1.82, 2.24) is 9.88 Å². The Hall–Kier alpha value is -3.54. The molecule has 11 nitrogen and oxygen atoms in total. The first kappa shape index (κ1) is 17.9. The zero-order chi connectivity index (χ0) is 19.8. The third-order valence-electron chi connectivity index (χ3n) is 4.39. The Morgan fingerprint density at radius 3 is 2.46 bits per heavy atom. The highest BCUT2D eigenvalue weighted by molar-refractivity contribution is 7.22. The van der Waals surface area contributed by atoms with Crippen LogP contribution in [0.5, 0.6) is 0 Å². The molecule has 0 atom stereocenters. The Kier molecular flexibility index (Phi) is 4.39. The number of piperazine rings is 1. The average molecular weight is 403 g/mol. The van der Waals surface area contributed by atoms with Crippen LogP contribution in [0.1, 0.15) is 10.6 Å². The smallest absolute Gasteiger partial charge is 0.395 e. The molecule has 1 aliphatic rings. The fourth-order valence-electron chi connectivity index (χ4n) is 2.95. The predicted octanol–water partition coefficient (Wildman–Crippen LogP) is 2.67. The van der Waals surface area contributed by atoms with Gasteiger partial charge < -0.3 is 14.2 Å². The Balaban J connectivity index is 1.44. The normalized spacial score (nSPS) is 14.4. The number of benzene rings is 1. The Morgan fingerprint density at radius 1 is 1.07 bits per heavy atom. The minimum atomic E-state index is -0.688. The number of amides is 1. The van der Waals surface area contributed by atoms with Crippen molar-refractivity contribution in [3.8, 4) is 0 Å². The molecule has 1 aromatic carbocycles. The number of hydrogen-bond donors (Lipinski definition) is 0. The molecule has 1 amide bonds. The molecule has 144 valence electrons. The lowest BCUT2D eigenvalue weighted by atomic mass is 10.3. The fraction of sp³-hybridized carbons (Fsp3) is 0.250. The highest BCUT2D eigenvalue weighted by Gasteiger charge is 2.27. The molecule has 28 heavy (non-hydrogen) atoms. The number of thiazole rings is 1. The number of nitro benzene ring substituents is 1. The number of furan rings is 1. The lowest BCUT2D eigenvalue weighted by molar-refractivity contribution is -0.402. The van der Waals surface area contributed by atoms with Gasteiger partial charge in [-0.05, 0) is 12.1 Å². The van der Waals surface area contributed by atoms with Crippen molar-refractivity contribution in [2.24, 2.45) is 0 Å². The first-order valence-electron chi connectivity index (χ1n) is 8.26. The van der Waals surface area contributed by atoms with E-state index in [0.29, 0.717) is 31.7 Å². The second kappa shape index (κ2) is 6.88. The molecular weight excluding hydrogens is 390 g/mol. The first-order chi connectivity index (χ1) is 13.4. The molecule has 4 rings (SSSR count). The summed E-state index contributed by atoms with van der Waals surface area (Å²) >= 11 is 1.36. The molecule has 0 unspecified atom stereocenters. The van der Waals surface area contributed by atoms with E-state index < -0.39 is 21.6 Å². The summed E-state index contributed by atoms with van der Waals surface area (Å²) < 4.78 is 5.70. The van der Waals surface area contributed by atoms with E-state index in [4.69, 9.17) is 4.42 Å². The largest absolute Gasteiger partial charge is 0.433 e. The Morgan fingerprint density at radius 2 is 1.82 bits per heavy atom. The number of carbonyl (C=O) groups is 1. The maximum Gasteiger partial charge on any atom is 0.433 e. The highest BCUT2D eigenvalue weighted by atomic mass is 32.1. The van der Waals surface area contributed by atoms with E-state index in [-0.39, 0.29) is 11.4 Å². The van der Waals surface area contributed by atoms with Crippen LogP contribution in [-0.2, 0) is 0 Å². The molecule has 3 heterocycles. The van der Waals surface area contributed by atoms with Gasteiger partial charge in [0.2, 0.25) is 0 Å². The lowest BCUT2D eigenvalue weighted by Gasteiger charge is -2.34. The summed E-state index contributed by atoms with van der Waals surface area (Å²) in [4.78, 5) is 41.0. The molecule has 1 aliphatic heterocycles. The molecule has 0 spiro atoms. The molecule has 3 aromatic rings. The van der Waals surface area contributed by atoms with Crippen molar-refractivity contribution in [3.63, 3.8) is 0 Å². The molecule has 0 N–H and O–H groups in total. The highest BCUT2D eigenvalue weighted by Crippen LogP contribution is 2.32. The second-order valence-electron chi connectivity index (χ2n) is 6.08. The predicted molar refractivity (Wildman–Crippen MR) is 99.8 cm³/mol. The number of nitrogens with zero attached hydrogens (tertiary/aromatic N) is 5. The van der Waals surface area contributed by atoms with Gasteiger partial charge >= 0.3 is 5.88 Å². The van der Waals surface area contributed by atoms with Crippen molar-refractivity contribution in [3.05, 3.63) is 56.3 Å². The van der Waals surface area contributed by atoms with Crippen molar-refractivity contribution >= 4 is 44.2 Å².